The van der Waals surface area contributed by atoms with E-state index in [1.807, 2.05) is 0 Å². The highest BCUT2D eigenvalue weighted by Crippen LogP contribution is 2.33. The fourth-order valence-corrected chi connectivity index (χ4v) is 1.76. The average Bonchev–Trinajstić information content (AvgIpc) is 2.34. The SMILES string of the molecule is Cc1ccc(C(=O)CC(C(C)[N+](=O)[O-])C(F)(F)F)cc1. The summed E-state index contributed by atoms with van der Waals surface area (Å²) in [5.74, 6) is -3.03. The molecule has 110 valence electrons. The predicted octanol–water partition coefficient (Wildman–Crippen LogP) is 3.41. The van der Waals surface area contributed by atoms with Gasteiger partial charge in [-0.2, -0.15) is 13.2 Å². The number of carbonyl (C=O) groups is 1. The zero-order valence-electron chi connectivity index (χ0n) is 11.0. The first kappa shape index (κ1) is 16.1. The number of hydrogen-bond donors (Lipinski definition) is 0. The van der Waals surface area contributed by atoms with Crippen LogP contribution in [0.25, 0.3) is 0 Å². The summed E-state index contributed by atoms with van der Waals surface area (Å²) in [7, 11) is 0. The molecule has 0 fully saturated rings. The number of carbonyl (C=O) groups excluding carboxylic acids is 1. The van der Waals surface area contributed by atoms with Gasteiger partial charge in [0.05, 0.1) is 0 Å². The number of nitro groups is 1. The van der Waals surface area contributed by atoms with Gasteiger partial charge in [0.25, 0.3) is 0 Å². The molecule has 20 heavy (non-hydrogen) atoms. The Morgan fingerprint density at radius 3 is 2.20 bits per heavy atom. The van der Waals surface area contributed by atoms with Gasteiger partial charge >= 0.3 is 6.18 Å². The lowest BCUT2D eigenvalue weighted by Crippen LogP contribution is -2.38. The third-order valence-corrected chi connectivity index (χ3v) is 3.11. The third-order valence-electron chi connectivity index (χ3n) is 3.11. The first-order valence-electron chi connectivity index (χ1n) is 5.93. The largest absolute Gasteiger partial charge is 0.398 e. The summed E-state index contributed by atoms with van der Waals surface area (Å²) in [4.78, 5) is 21.3. The minimum atomic E-state index is -4.78. The van der Waals surface area contributed by atoms with Gasteiger partial charge in [0, 0.05) is 23.8 Å². The Morgan fingerprint density at radius 1 is 1.30 bits per heavy atom. The Kier molecular flexibility index (Phi) is 4.86. The summed E-state index contributed by atoms with van der Waals surface area (Å²) in [5.41, 5.74) is 0.993. The van der Waals surface area contributed by atoms with Gasteiger partial charge in [0.2, 0.25) is 6.04 Å². The van der Waals surface area contributed by atoms with Crippen LogP contribution < -0.4 is 0 Å². The van der Waals surface area contributed by atoms with Crippen molar-refractivity contribution in [3.63, 3.8) is 0 Å². The van der Waals surface area contributed by atoms with E-state index in [2.05, 4.69) is 0 Å². The van der Waals surface area contributed by atoms with E-state index in [4.69, 9.17) is 0 Å². The quantitative estimate of drug-likeness (QED) is 0.474. The van der Waals surface area contributed by atoms with E-state index in [9.17, 15) is 28.1 Å². The molecule has 1 aromatic rings. The van der Waals surface area contributed by atoms with Crippen LogP contribution in [0.2, 0.25) is 0 Å². The number of benzene rings is 1. The van der Waals surface area contributed by atoms with E-state index >= 15 is 0 Å². The molecule has 0 saturated heterocycles. The van der Waals surface area contributed by atoms with E-state index < -0.39 is 35.3 Å². The Hall–Kier alpha value is -1.92. The molecule has 0 bridgehead atoms. The third kappa shape index (κ3) is 4.04. The number of ketones is 1. The molecule has 1 rings (SSSR count). The molecule has 1 aromatic carbocycles. The van der Waals surface area contributed by atoms with Gasteiger partial charge in [-0.1, -0.05) is 29.8 Å². The molecule has 7 heteroatoms. The van der Waals surface area contributed by atoms with Crippen LogP contribution in [-0.2, 0) is 0 Å². The second-order valence-electron chi connectivity index (χ2n) is 4.67. The van der Waals surface area contributed by atoms with Crippen LogP contribution in [0, 0.1) is 23.0 Å². The lowest BCUT2D eigenvalue weighted by Gasteiger charge is -2.20. The van der Waals surface area contributed by atoms with Crippen molar-refractivity contribution in [2.45, 2.75) is 32.5 Å². The second kappa shape index (κ2) is 6.02. The van der Waals surface area contributed by atoms with E-state index in [-0.39, 0.29) is 5.56 Å². The van der Waals surface area contributed by atoms with Crippen molar-refractivity contribution >= 4 is 5.78 Å². The van der Waals surface area contributed by atoms with Crippen LogP contribution >= 0.6 is 0 Å². The highest BCUT2D eigenvalue weighted by atomic mass is 19.4. The van der Waals surface area contributed by atoms with Crippen molar-refractivity contribution < 1.29 is 22.9 Å². The first-order chi connectivity index (χ1) is 9.12. The smallest absolute Gasteiger partial charge is 0.294 e. The van der Waals surface area contributed by atoms with Gasteiger partial charge in [-0.05, 0) is 6.92 Å². The molecule has 0 heterocycles. The summed E-state index contributed by atoms with van der Waals surface area (Å²) >= 11 is 0. The molecule has 0 aliphatic heterocycles. The maximum absolute atomic E-state index is 12.8. The van der Waals surface area contributed by atoms with Crippen LogP contribution in [0.5, 0.6) is 0 Å². The molecular formula is C13H14F3NO3. The van der Waals surface area contributed by atoms with Crippen molar-refractivity contribution in [3.05, 3.63) is 45.5 Å². The number of nitrogens with zero attached hydrogens (tertiary/aromatic N) is 1. The number of aryl methyl sites for hydroxylation is 1. The molecule has 4 nitrogen and oxygen atoms in total. The molecule has 0 radical (unpaired) electrons. The minimum absolute atomic E-state index is 0.125. The summed E-state index contributed by atoms with van der Waals surface area (Å²) in [6.45, 7) is 2.64. The lowest BCUT2D eigenvalue weighted by molar-refractivity contribution is -0.536. The Labute approximate surface area is 113 Å². The highest BCUT2D eigenvalue weighted by molar-refractivity contribution is 5.96. The van der Waals surface area contributed by atoms with E-state index in [0.717, 1.165) is 12.5 Å². The van der Waals surface area contributed by atoms with Gasteiger partial charge in [-0.25, -0.2) is 0 Å². The van der Waals surface area contributed by atoms with Crippen molar-refractivity contribution in [1.82, 2.24) is 0 Å². The molecule has 0 spiro atoms. The maximum Gasteiger partial charge on any atom is 0.398 e. The average molecular weight is 289 g/mol. The van der Waals surface area contributed by atoms with Crippen LogP contribution in [-0.4, -0.2) is 22.9 Å². The summed E-state index contributed by atoms with van der Waals surface area (Å²) in [6.07, 6.45) is -5.71. The maximum atomic E-state index is 12.8. The number of hydrogen-bond acceptors (Lipinski definition) is 3. The Balaban J connectivity index is 2.93. The summed E-state index contributed by atoms with van der Waals surface area (Å²) in [6, 6.07) is 4.19. The van der Waals surface area contributed by atoms with E-state index in [1.165, 1.54) is 12.1 Å². The standard InChI is InChI=1S/C13H14F3NO3/c1-8-3-5-10(6-4-8)12(18)7-11(13(14,15)16)9(2)17(19)20/h3-6,9,11H,7H2,1-2H3. The summed E-state index contributed by atoms with van der Waals surface area (Å²) < 4.78 is 38.4. The van der Waals surface area contributed by atoms with E-state index in [1.54, 1.807) is 19.1 Å². The fraction of sp³-hybridized carbons (Fsp3) is 0.462. The van der Waals surface area contributed by atoms with Crippen molar-refractivity contribution in [3.8, 4) is 0 Å². The molecule has 2 unspecified atom stereocenters. The Morgan fingerprint density at radius 2 is 1.80 bits per heavy atom. The molecule has 0 amide bonds. The van der Waals surface area contributed by atoms with E-state index in [0.29, 0.717) is 0 Å². The van der Waals surface area contributed by atoms with Crippen LogP contribution in [0.3, 0.4) is 0 Å². The zero-order chi connectivity index (χ0) is 15.5. The normalized spacial score (nSPS) is 14.7. The number of rotatable bonds is 5. The molecule has 2 atom stereocenters. The van der Waals surface area contributed by atoms with Gasteiger partial charge in [-0.3, -0.25) is 14.9 Å². The number of halogens is 3. The number of alkyl halides is 3. The first-order valence-corrected chi connectivity index (χ1v) is 5.93. The monoisotopic (exact) mass is 289 g/mol. The van der Waals surface area contributed by atoms with Crippen LogP contribution in [0.4, 0.5) is 13.2 Å². The van der Waals surface area contributed by atoms with Crippen molar-refractivity contribution in [2.75, 3.05) is 0 Å². The molecule has 0 aliphatic rings. The molecule has 0 aliphatic carbocycles. The predicted molar refractivity (Wildman–Crippen MR) is 66.1 cm³/mol. The van der Waals surface area contributed by atoms with Crippen LogP contribution in [0.1, 0.15) is 29.3 Å². The molecule has 0 aromatic heterocycles. The van der Waals surface area contributed by atoms with Gasteiger partial charge in [0.1, 0.15) is 5.92 Å². The molecule has 0 N–H and O–H groups in total. The highest BCUT2D eigenvalue weighted by Gasteiger charge is 2.49. The minimum Gasteiger partial charge on any atom is -0.294 e. The van der Waals surface area contributed by atoms with Gasteiger partial charge in [-0.15, -0.1) is 0 Å². The second-order valence-corrected chi connectivity index (χ2v) is 4.67. The fourth-order valence-electron chi connectivity index (χ4n) is 1.76. The molecule has 0 saturated carbocycles. The lowest BCUT2D eigenvalue weighted by atomic mass is 9.92. The summed E-state index contributed by atoms with van der Waals surface area (Å²) in [5, 5.41) is 10.5. The topological polar surface area (TPSA) is 60.2 Å². The number of Topliss-reactive ketones (excluding diaryl/α,β-unsaturated/α-hetero) is 1. The van der Waals surface area contributed by atoms with Gasteiger partial charge < -0.3 is 0 Å². The van der Waals surface area contributed by atoms with Crippen molar-refractivity contribution in [1.29, 1.82) is 0 Å². The molecular weight excluding hydrogens is 275 g/mol. The van der Waals surface area contributed by atoms with Crippen molar-refractivity contribution in [2.24, 2.45) is 5.92 Å². The zero-order valence-corrected chi connectivity index (χ0v) is 11.0. The van der Waals surface area contributed by atoms with Gasteiger partial charge in [0.15, 0.2) is 5.78 Å². The Bertz CT molecular complexity index is 497. The van der Waals surface area contributed by atoms with Crippen LogP contribution in [0.15, 0.2) is 24.3 Å².